The third kappa shape index (κ3) is 6.11. The Hall–Kier alpha value is -3.15. The molecule has 208 valence electrons. The van der Waals surface area contributed by atoms with E-state index >= 15 is 0 Å². The lowest BCUT2D eigenvalue weighted by molar-refractivity contribution is -0.188. The number of nitrogens with zero attached hydrogens (tertiary/aromatic N) is 3. The average molecular weight is 532 g/mol. The molecule has 2 N–H and O–H groups in total. The highest BCUT2D eigenvalue weighted by Crippen LogP contribution is 2.44. The standard InChI is InChI=1S/C27H37N3O8/c1-4-8-30(37-9-5-2)24(32)14-29-13-20(18-10-19(15-31)26-22(11-18)35-16-36-26)25(27(33)34)21(29)6-7-23-28-12-17(3)38-23/h10-12,20-21,25,31H,4-9,13-16H2,1-3H3,(H,33,34)/t20-,21+,25-/m1/s1. The number of aliphatic carboxylic acids is 1. The second-order valence-corrected chi connectivity index (χ2v) is 9.77. The van der Waals surface area contributed by atoms with Crippen LogP contribution in [0.3, 0.4) is 0 Å². The molecule has 0 aliphatic carbocycles. The lowest BCUT2D eigenvalue weighted by Crippen LogP contribution is -2.44. The quantitative estimate of drug-likeness (QED) is 0.372. The monoisotopic (exact) mass is 531 g/mol. The first-order valence-electron chi connectivity index (χ1n) is 13.2. The van der Waals surface area contributed by atoms with Gasteiger partial charge in [0, 0.05) is 37.0 Å². The third-order valence-corrected chi connectivity index (χ3v) is 7.02. The fourth-order valence-electron chi connectivity index (χ4n) is 5.34. The molecule has 0 radical (unpaired) electrons. The van der Waals surface area contributed by atoms with Gasteiger partial charge in [-0.3, -0.25) is 19.3 Å². The minimum atomic E-state index is -0.950. The molecule has 0 saturated carbocycles. The lowest BCUT2D eigenvalue weighted by atomic mass is 9.83. The van der Waals surface area contributed by atoms with E-state index in [4.69, 9.17) is 18.7 Å². The molecule has 38 heavy (non-hydrogen) atoms. The molecule has 4 rings (SSSR count). The molecule has 2 aliphatic rings. The summed E-state index contributed by atoms with van der Waals surface area (Å²) >= 11 is 0. The molecule has 2 aliphatic heterocycles. The van der Waals surface area contributed by atoms with Crippen LogP contribution in [0.5, 0.6) is 11.5 Å². The number of aliphatic hydroxyl groups is 1. The Morgan fingerprint density at radius 1 is 1.24 bits per heavy atom. The van der Waals surface area contributed by atoms with Gasteiger partial charge in [-0.05, 0) is 43.9 Å². The number of ether oxygens (including phenoxy) is 2. The minimum Gasteiger partial charge on any atom is -0.481 e. The van der Waals surface area contributed by atoms with Crippen molar-refractivity contribution in [3.63, 3.8) is 0 Å². The molecule has 1 aromatic carbocycles. The average Bonchev–Trinajstić information content (AvgIpc) is 3.62. The Bertz CT molecular complexity index is 1120. The number of benzene rings is 1. The Morgan fingerprint density at radius 3 is 2.71 bits per heavy atom. The molecule has 3 atom stereocenters. The number of carboxylic acids is 1. The molecule has 0 spiro atoms. The number of hydrogen-bond acceptors (Lipinski definition) is 9. The van der Waals surface area contributed by atoms with Crippen LogP contribution in [0.1, 0.15) is 61.8 Å². The van der Waals surface area contributed by atoms with E-state index in [1.165, 1.54) is 5.06 Å². The first kappa shape index (κ1) is 27.9. The zero-order valence-electron chi connectivity index (χ0n) is 22.2. The second kappa shape index (κ2) is 12.6. The van der Waals surface area contributed by atoms with Crippen LogP contribution in [0.25, 0.3) is 0 Å². The molecule has 1 aromatic heterocycles. The van der Waals surface area contributed by atoms with Gasteiger partial charge in [-0.1, -0.05) is 13.8 Å². The van der Waals surface area contributed by atoms with Crippen LogP contribution in [-0.2, 0) is 27.5 Å². The third-order valence-electron chi connectivity index (χ3n) is 7.02. The van der Waals surface area contributed by atoms with E-state index < -0.39 is 23.8 Å². The van der Waals surface area contributed by atoms with Crippen molar-refractivity contribution < 1.29 is 38.5 Å². The zero-order valence-corrected chi connectivity index (χ0v) is 22.2. The summed E-state index contributed by atoms with van der Waals surface area (Å²) in [6.07, 6.45) is 4.04. The summed E-state index contributed by atoms with van der Waals surface area (Å²) in [6.45, 7) is 6.80. The van der Waals surface area contributed by atoms with Gasteiger partial charge in [-0.2, -0.15) is 0 Å². The largest absolute Gasteiger partial charge is 0.481 e. The molecule has 1 amide bonds. The predicted molar refractivity (Wildman–Crippen MR) is 136 cm³/mol. The number of amides is 1. The molecule has 1 fully saturated rings. The molecule has 3 heterocycles. The van der Waals surface area contributed by atoms with E-state index in [-0.39, 0.29) is 25.9 Å². The van der Waals surface area contributed by atoms with E-state index in [0.717, 1.165) is 18.4 Å². The molecule has 11 heteroatoms. The van der Waals surface area contributed by atoms with Crippen LogP contribution in [0.2, 0.25) is 0 Å². The zero-order chi connectivity index (χ0) is 27.2. The summed E-state index contributed by atoms with van der Waals surface area (Å²) in [5, 5.41) is 21.7. The highest BCUT2D eigenvalue weighted by atomic mass is 16.7. The highest BCUT2D eigenvalue weighted by Gasteiger charge is 2.47. The SMILES string of the molecule is CCCON(CCC)C(=O)CN1C[C@H](c2cc(CO)c3c(c2)OCO3)[C@@H](C(=O)O)[C@@H]1CCc1ncc(C)o1. The summed E-state index contributed by atoms with van der Waals surface area (Å²) in [6, 6.07) is 3.11. The second-order valence-electron chi connectivity index (χ2n) is 9.77. The van der Waals surface area contributed by atoms with Gasteiger partial charge in [-0.15, -0.1) is 0 Å². The molecule has 0 unspecified atom stereocenters. The predicted octanol–water partition coefficient (Wildman–Crippen LogP) is 2.89. The van der Waals surface area contributed by atoms with Crippen molar-refractivity contribution in [2.45, 2.75) is 65.0 Å². The fourth-order valence-corrected chi connectivity index (χ4v) is 5.34. The maximum Gasteiger partial charge on any atom is 0.308 e. The van der Waals surface area contributed by atoms with Crippen molar-refractivity contribution in [3.05, 3.63) is 41.1 Å². The number of aryl methyl sites for hydroxylation is 2. The van der Waals surface area contributed by atoms with Gasteiger partial charge >= 0.3 is 5.97 Å². The Morgan fingerprint density at radius 2 is 2.05 bits per heavy atom. The number of oxazole rings is 1. The van der Waals surface area contributed by atoms with Crippen LogP contribution < -0.4 is 9.47 Å². The first-order valence-corrected chi connectivity index (χ1v) is 13.2. The van der Waals surface area contributed by atoms with Crippen LogP contribution in [0.15, 0.2) is 22.7 Å². The van der Waals surface area contributed by atoms with E-state index in [1.807, 2.05) is 25.7 Å². The van der Waals surface area contributed by atoms with Crippen molar-refractivity contribution in [1.82, 2.24) is 14.9 Å². The van der Waals surface area contributed by atoms with Crippen molar-refractivity contribution in [2.75, 3.05) is 33.0 Å². The summed E-state index contributed by atoms with van der Waals surface area (Å²) < 4.78 is 16.7. The van der Waals surface area contributed by atoms with E-state index in [0.29, 0.717) is 61.3 Å². The first-order chi connectivity index (χ1) is 18.4. The smallest absolute Gasteiger partial charge is 0.308 e. The number of hydrogen-bond donors (Lipinski definition) is 2. The number of carbonyl (C=O) groups excluding carboxylic acids is 1. The van der Waals surface area contributed by atoms with Crippen molar-refractivity contribution in [3.8, 4) is 11.5 Å². The molecule has 11 nitrogen and oxygen atoms in total. The maximum atomic E-state index is 13.3. The Balaban J connectivity index is 1.64. The summed E-state index contributed by atoms with van der Waals surface area (Å²) in [5.41, 5.74) is 1.27. The topological polar surface area (TPSA) is 135 Å². The molecular weight excluding hydrogens is 494 g/mol. The van der Waals surface area contributed by atoms with Crippen LogP contribution in [0.4, 0.5) is 0 Å². The van der Waals surface area contributed by atoms with Gasteiger partial charge in [0.25, 0.3) is 5.91 Å². The van der Waals surface area contributed by atoms with Crippen molar-refractivity contribution >= 4 is 11.9 Å². The van der Waals surface area contributed by atoms with E-state index in [2.05, 4.69) is 4.98 Å². The van der Waals surface area contributed by atoms with Gasteiger partial charge in [0.05, 0.1) is 31.9 Å². The molecular formula is C27H37N3O8. The number of aromatic nitrogens is 1. The van der Waals surface area contributed by atoms with Gasteiger partial charge in [0.15, 0.2) is 17.4 Å². The number of carbonyl (C=O) groups is 2. The van der Waals surface area contributed by atoms with E-state index in [1.54, 1.807) is 18.3 Å². The Kier molecular flexibility index (Phi) is 9.24. The normalized spacial score (nSPS) is 20.7. The fraction of sp³-hybridized carbons (Fsp3) is 0.593. The van der Waals surface area contributed by atoms with Crippen LogP contribution in [-0.4, -0.2) is 76.1 Å². The minimum absolute atomic E-state index is 0.0245. The van der Waals surface area contributed by atoms with Crippen LogP contribution >= 0.6 is 0 Å². The number of carboxylic acid groups (broad SMARTS) is 1. The van der Waals surface area contributed by atoms with Gasteiger partial charge in [-0.25, -0.2) is 10.0 Å². The molecule has 0 bridgehead atoms. The molecule has 2 aromatic rings. The number of likely N-dealkylation sites (tertiary alicyclic amines) is 1. The van der Waals surface area contributed by atoms with Gasteiger partial charge in [0.1, 0.15) is 5.76 Å². The van der Waals surface area contributed by atoms with Gasteiger partial charge < -0.3 is 24.1 Å². The van der Waals surface area contributed by atoms with Crippen LogP contribution in [0, 0.1) is 12.8 Å². The number of hydroxylamine groups is 2. The lowest BCUT2D eigenvalue weighted by Gasteiger charge is -2.28. The maximum absolute atomic E-state index is 13.3. The van der Waals surface area contributed by atoms with Crippen molar-refractivity contribution in [2.24, 2.45) is 5.92 Å². The summed E-state index contributed by atoms with van der Waals surface area (Å²) in [7, 11) is 0. The van der Waals surface area contributed by atoms with E-state index in [9.17, 15) is 19.8 Å². The summed E-state index contributed by atoms with van der Waals surface area (Å²) in [5.74, 6) is -0.212. The number of rotatable bonds is 13. The summed E-state index contributed by atoms with van der Waals surface area (Å²) in [4.78, 5) is 37.9. The van der Waals surface area contributed by atoms with Crippen molar-refractivity contribution in [1.29, 1.82) is 0 Å². The van der Waals surface area contributed by atoms with Gasteiger partial charge in [0.2, 0.25) is 6.79 Å². The molecule has 1 saturated heterocycles. The number of fused-ring (bicyclic) bond motifs is 1. The highest BCUT2D eigenvalue weighted by molar-refractivity contribution is 5.78. The Labute approximate surface area is 222 Å². The number of aliphatic hydroxyl groups excluding tert-OH is 1.